The molecule has 3 rings (SSSR count). The van der Waals surface area contributed by atoms with Crippen LogP contribution in [-0.4, -0.2) is 31.0 Å². The fourth-order valence-corrected chi connectivity index (χ4v) is 3.75. The highest BCUT2D eigenvalue weighted by molar-refractivity contribution is 7.89. The first-order valence-electron chi connectivity index (χ1n) is 8.25. The standard InChI is InChI=1S/C18H21N3O3S/c1-13(2)19-17-8-3-4-11-21(17)18(22)14-6-5-7-16(12-14)25(23,24)20-15-9-10-15/h3-8,11-13,15,20H,9-10H2,1-2H3. The molecule has 0 spiro atoms. The molecule has 0 amide bonds. The highest BCUT2D eigenvalue weighted by atomic mass is 32.2. The lowest BCUT2D eigenvalue weighted by atomic mass is 10.2. The van der Waals surface area contributed by atoms with Gasteiger partial charge in [0.25, 0.3) is 5.91 Å². The van der Waals surface area contributed by atoms with Crippen LogP contribution >= 0.6 is 0 Å². The molecule has 0 atom stereocenters. The summed E-state index contributed by atoms with van der Waals surface area (Å²) in [5.41, 5.74) is 0.835. The fourth-order valence-electron chi connectivity index (χ4n) is 2.40. The molecule has 132 valence electrons. The molecule has 0 aliphatic heterocycles. The number of aromatic nitrogens is 1. The maximum Gasteiger partial charge on any atom is 0.263 e. The van der Waals surface area contributed by atoms with Crippen LogP contribution in [0.15, 0.2) is 58.5 Å². The zero-order chi connectivity index (χ0) is 18.0. The first-order valence-corrected chi connectivity index (χ1v) is 9.74. The van der Waals surface area contributed by atoms with Crippen molar-refractivity contribution < 1.29 is 13.2 Å². The molecule has 6 nitrogen and oxygen atoms in total. The van der Waals surface area contributed by atoms with Gasteiger partial charge in [-0.1, -0.05) is 12.1 Å². The topological polar surface area (TPSA) is 80.5 Å². The number of carbonyl (C=O) groups excluding carboxylic acids is 1. The lowest BCUT2D eigenvalue weighted by Gasteiger charge is -2.09. The minimum absolute atomic E-state index is 0.0179. The van der Waals surface area contributed by atoms with Crippen LogP contribution in [0.5, 0.6) is 0 Å². The van der Waals surface area contributed by atoms with Crippen LogP contribution in [0.2, 0.25) is 0 Å². The fraction of sp³-hybridized carbons (Fsp3) is 0.333. The number of carbonyl (C=O) groups is 1. The van der Waals surface area contributed by atoms with Crippen molar-refractivity contribution in [1.29, 1.82) is 0 Å². The van der Waals surface area contributed by atoms with Gasteiger partial charge in [0.1, 0.15) is 5.49 Å². The normalized spacial score (nSPS) is 15.6. The number of sulfonamides is 1. The highest BCUT2D eigenvalue weighted by Crippen LogP contribution is 2.22. The monoisotopic (exact) mass is 359 g/mol. The third kappa shape index (κ3) is 4.24. The van der Waals surface area contributed by atoms with E-state index in [0.717, 1.165) is 12.8 Å². The maximum atomic E-state index is 12.9. The molecule has 1 aromatic heterocycles. The van der Waals surface area contributed by atoms with Gasteiger partial charge in [-0.3, -0.25) is 14.4 Å². The molecular weight excluding hydrogens is 338 g/mol. The zero-order valence-corrected chi connectivity index (χ0v) is 15.0. The first kappa shape index (κ1) is 17.6. The summed E-state index contributed by atoms with van der Waals surface area (Å²) in [7, 11) is -3.60. The number of rotatable bonds is 5. The summed E-state index contributed by atoms with van der Waals surface area (Å²) < 4.78 is 28.8. The second-order valence-electron chi connectivity index (χ2n) is 6.38. The van der Waals surface area contributed by atoms with Crippen LogP contribution in [0.4, 0.5) is 0 Å². The Morgan fingerprint density at radius 1 is 1.20 bits per heavy atom. The largest absolute Gasteiger partial charge is 0.268 e. The molecule has 2 aromatic rings. The second kappa shape index (κ2) is 6.93. The van der Waals surface area contributed by atoms with Crippen molar-refractivity contribution in [3.05, 3.63) is 59.7 Å². The van der Waals surface area contributed by atoms with Crippen LogP contribution in [0.1, 0.15) is 37.0 Å². The van der Waals surface area contributed by atoms with Gasteiger partial charge in [0, 0.05) is 23.8 Å². The van der Waals surface area contributed by atoms with E-state index in [1.165, 1.54) is 16.7 Å². The number of nitrogens with zero attached hydrogens (tertiary/aromatic N) is 2. The lowest BCUT2D eigenvalue weighted by Crippen LogP contribution is -2.29. The van der Waals surface area contributed by atoms with Crippen molar-refractivity contribution in [3.8, 4) is 0 Å². The predicted octanol–water partition coefficient (Wildman–Crippen LogP) is 1.93. The summed E-state index contributed by atoms with van der Waals surface area (Å²) in [6, 6.07) is 11.5. The maximum absolute atomic E-state index is 12.9. The van der Waals surface area contributed by atoms with E-state index in [-0.39, 0.29) is 22.9 Å². The molecule has 1 aliphatic carbocycles. The van der Waals surface area contributed by atoms with Gasteiger partial charge >= 0.3 is 0 Å². The van der Waals surface area contributed by atoms with Gasteiger partial charge in [-0.25, -0.2) is 13.1 Å². The van der Waals surface area contributed by atoms with Crippen molar-refractivity contribution >= 4 is 15.9 Å². The average Bonchev–Trinajstić information content (AvgIpc) is 3.37. The Morgan fingerprint density at radius 3 is 2.64 bits per heavy atom. The number of pyridine rings is 1. The molecule has 7 heteroatoms. The van der Waals surface area contributed by atoms with Gasteiger partial charge in [-0.05, 0) is 57.0 Å². The van der Waals surface area contributed by atoms with E-state index in [2.05, 4.69) is 9.71 Å². The third-order valence-corrected chi connectivity index (χ3v) is 5.26. The molecule has 0 unspecified atom stereocenters. The first-order chi connectivity index (χ1) is 11.9. The summed E-state index contributed by atoms with van der Waals surface area (Å²) >= 11 is 0. The summed E-state index contributed by atoms with van der Waals surface area (Å²) in [6.45, 7) is 3.86. The quantitative estimate of drug-likeness (QED) is 0.886. The second-order valence-corrected chi connectivity index (χ2v) is 8.09. The number of hydrogen-bond acceptors (Lipinski definition) is 4. The van der Waals surface area contributed by atoms with Gasteiger partial charge in [0.15, 0.2) is 0 Å². The lowest BCUT2D eigenvalue weighted by molar-refractivity contribution is 0.0954. The van der Waals surface area contributed by atoms with Gasteiger partial charge < -0.3 is 0 Å². The van der Waals surface area contributed by atoms with E-state index in [0.29, 0.717) is 11.1 Å². The van der Waals surface area contributed by atoms with Crippen LogP contribution in [0.3, 0.4) is 0 Å². The number of hydrogen-bond donors (Lipinski definition) is 1. The molecule has 1 aromatic carbocycles. The van der Waals surface area contributed by atoms with Crippen molar-refractivity contribution in [2.75, 3.05) is 0 Å². The Morgan fingerprint density at radius 2 is 1.96 bits per heavy atom. The summed E-state index contributed by atoms with van der Waals surface area (Å²) in [4.78, 5) is 17.4. The van der Waals surface area contributed by atoms with E-state index in [1.54, 1.807) is 30.5 Å². The molecule has 0 saturated heterocycles. The average molecular weight is 359 g/mol. The molecule has 1 heterocycles. The van der Waals surface area contributed by atoms with Crippen molar-refractivity contribution in [2.24, 2.45) is 4.99 Å². The Kier molecular flexibility index (Phi) is 4.87. The Bertz CT molecular complexity index is 957. The Labute approximate surface area is 147 Å². The molecule has 1 fully saturated rings. The van der Waals surface area contributed by atoms with E-state index < -0.39 is 10.0 Å². The zero-order valence-electron chi connectivity index (χ0n) is 14.2. The molecule has 1 aliphatic rings. The molecule has 25 heavy (non-hydrogen) atoms. The van der Waals surface area contributed by atoms with E-state index in [1.807, 2.05) is 19.9 Å². The van der Waals surface area contributed by atoms with E-state index in [4.69, 9.17) is 0 Å². The minimum Gasteiger partial charge on any atom is -0.268 e. The van der Waals surface area contributed by atoms with Crippen molar-refractivity contribution in [1.82, 2.24) is 9.29 Å². The van der Waals surface area contributed by atoms with Gasteiger partial charge in [-0.2, -0.15) is 0 Å². The predicted molar refractivity (Wildman–Crippen MR) is 94.6 cm³/mol. The molecule has 1 N–H and O–H groups in total. The summed E-state index contributed by atoms with van der Waals surface area (Å²) in [6.07, 6.45) is 3.35. The summed E-state index contributed by atoms with van der Waals surface area (Å²) in [5.74, 6) is -0.316. The van der Waals surface area contributed by atoms with Crippen molar-refractivity contribution in [2.45, 2.75) is 43.7 Å². The molecular formula is C18H21N3O3S. The van der Waals surface area contributed by atoms with Gasteiger partial charge in [0.05, 0.1) is 4.90 Å². The van der Waals surface area contributed by atoms with Crippen LogP contribution < -0.4 is 10.2 Å². The summed E-state index contributed by atoms with van der Waals surface area (Å²) in [5, 5.41) is 0. The molecule has 1 saturated carbocycles. The Hall–Kier alpha value is -2.25. The number of benzene rings is 1. The Balaban J connectivity index is 1.98. The minimum atomic E-state index is -3.60. The molecule has 0 radical (unpaired) electrons. The van der Waals surface area contributed by atoms with Gasteiger partial charge in [0.2, 0.25) is 10.0 Å². The van der Waals surface area contributed by atoms with Crippen LogP contribution in [0, 0.1) is 0 Å². The number of nitrogens with one attached hydrogen (secondary N) is 1. The van der Waals surface area contributed by atoms with E-state index >= 15 is 0 Å². The van der Waals surface area contributed by atoms with Crippen molar-refractivity contribution in [3.63, 3.8) is 0 Å². The smallest absolute Gasteiger partial charge is 0.263 e. The van der Waals surface area contributed by atoms with Crippen LogP contribution in [0.25, 0.3) is 0 Å². The highest BCUT2D eigenvalue weighted by Gasteiger charge is 2.28. The van der Waals surface area contributed by atoms with Gasteiger partial charge in [-0.15, -0.1) is 0 Å². The molecule has 0 bridgehead atoms. The van der Waals surface area contributed by atoms with E-state index in [9.17, 15) is 13.2 Å². The van der Waals surface area contributed by atoms with Crippen LogP contribution in [-0.2, 0) is 10.0 Å². The SMILES string of the molecule is CC(C)N=c1ccccn1C(=O)c1cccc(S(=O)(=O)NC2CC2)c1. The third-order valence-electron chi connectivity index (χ3n) is 3.74.